The molecule has 2 heterocycles. The van der Waals surface area contributed by atoms with Crippen molar-refractivity contribution in [3.8, 4) is 0 Å². The van der Waals surface area contributed by atoms with Crippen LogP contribution in [0.3, 0.4) is 0 Å². The van der Waals surface area contributed by atoms with Crippen LogP contribution >= 0.6 is 0 Å². The van der Waals surface area contributed by atoms with Gasteiger partial charge in [-0.1, -0.05) is 6.42 Å². The number of aliphatic hydroxyl groups excluding tert-OH is 1. The topological polar surface area (TPSA) is 48.4 Å². The van der Waals surface area contributed by atoms with Crippen molar-refractivity contribution in [2.75, 3.05) is 13.1 Å². The molecule has 3 atom stereocenters. The highest BCUT2D eigenvalue weighted by molar-refractivity contribution is 5.12. The van der Waals surface area contributed by atoms with Crippen LogP contribution in [0.4, 0.5) is 4.39 Å². The van der Waals surface area contributed by atoms with Crippen molar-refractivity contribution in [3.63, 3.8) is 0 Å². The molecule has 0 aromatic carbocycles. The normalized spacial score (nSPS) is 31.0. The summed E-state index contributed by atoms with van der Waals surface area (Å²) in [6.45, 7) is 2.31. The third kappa shape index (κ3) is 3.00. The predicted molar refractivity (Wildman–Crippen MR) is 74.7 cm³/mol. The Labute approximate surface area is 119 Å². The molecule has 2 N–H and O–H groups in total. The van der Waals surface area contributed by atoms with E-state index in [1.807, 2.05) is 0 Å². The highest BCUT2D eigenvalue weighted by atomic mass is 19.1. The molecule has 0 bridgehead atoms. The van der Waals surface area contributed by atoms with Gasteiger partial charge in [-0.25, -0.2) is 4.39 Å². The van der Waals surface area contributed by atoms with Crippen molar-refractivity contribution in [1.29, 1.82) is 0 Å². The maximum absolute atomic E-state index is 13.6. The van der Waals surface area contributed by atoms with E-state index in [2.05, 4.69) is 15.2 Å². The standard InChI is InChI=1S/C15H22FN3O/c16-13-9-17-6-4-11(13)8-18-14-2-1-3-15(14)19-7-5-12(20)10-19/h4,6,9,12,14-15,18,20H,1-3,5,7-8,10H2/t12?,14-,15+/m1/s1. The minimum atomic E-state index is -0.244. The van der Waals surface area contributed by atoms with E-state index >= 15 is 0 Å². The molecule has 1 aliphatic carbocycles. The van der Waals surface area contributed by atoms with Crippen LogP contribution in [0.5, 0.6) is 0 Å². The Morgan fingerprint density at radius 2 is 2.30 bits per heavy atom. The monoisotopic (exact) mass is 279 g/mol. The van der Waals surface area contributed by atoms with Crippen molar-refractivity contribution in [2.45, 2.75) is 50.4 Å². The minimum Gasteiger partial charge on any atom is -0.392 e. The zero-order valence-corrected chi connectivity index (χ0v) is 11.6. The van der Waals surface area contributed by atoms with E-state index in [1.165, 1.54) is 19.0 Å². The van der Waals surface area contributed by atoms with Crippen LogP contribution in [0, 0.1) is 5.82 Å². The van der Waals surface area contributed by atoms with Gasteiger partial charge in [0.05, 0.1) is 12.3 Å². The number of pyridine rings is 1. The van der Waals surface area contributed by atoms with E-state index in [-0.39, 0.29) is 11.9 Å². The lowest BCUT2D eigenvalue weighted by Crippen LogP contribution is -2.46. The fourth-order valence-corrected chi connectivity index (χ4v) is 3.47. The van der Waals surface area contributed by atoms with Gasteiger partial charge < -0.3 is 10.4 Å². The van der Waals surface area contributed by atoms with Crippen LogP contribution in [0.1, 0.15) is 31.2 Å². The summed E-state index contributed by atoms with van der Waals surface area (Å²) in [5, 5.41) is 13.2. The van der Waals surface area contributed by atoms with Crippen molar-refractivity contribution in [2.24, 2.45) is 0 Å². The highest BCUT2D eigenvalue weighted by Gasteiger charge is 2.35. The predicted octanol–water partition coefficient (Wildman–Crippen LogP) is 1.30. The molecule has 5 heteroatoms. The second-order valence-corrected chi connectivity index (χ2v) is 5.89. The Morgan fingerprint density at radius 3 is 3.05 bits per heavy atom. The summed E-state index contributed by atoms with van der Waals surface area (Å²) in [6, 6.07) is 2.61. The number of β-amino-alcohol motifs (C(OH)–C–C–N with tert-alkyl or cyclic N) is 1. The largest absolute Gasteiger partial charge is 0.392 e. The third-order valence-corrected chi connectivity index (χ3v) is 4.55. The number of rotatable bonds is 4. The van der Waals surface area contributed by atoms with Gasteiger partial charge in [0.1, 0.15) is 5.82 Å². The van der Waals surface area contributed by atoms with E-state index < -0.39 is 0 Å². The van der Waals surface area contributed by atoms with Gasteiger partial charge in [0.15, 0.2) is 0 Å². The van der Waals surface area contributed by atoms with Crippen molar-refractivity contribution in [3.05, 3.63) is 29.8 Å². The van der Waals surface area contributed by atoms with Gasteiger partial charge in [-0.15, -0.1) is 0 Å². The summed E-state index contributed by atoms with van der Waals surface area (Å²) >= 11 is 0. The molecule has 1 saturated heterocycles. The molecule has 3 rings (SSSR count). The van der Waals surface area contributed by atoms with Crippen LogP contribution < -0.4 is 5.32 Å². The second-order valence-electron chi connectivity index (χ2n) is 5.89. The van der Waals surface area contributed by atoms with E-state index in [9.17, 15) is 9.50 Å². The van der Waals surface area contributed by atoms with Gasteiger partial charge in [-0.2, -0.15) is 0 Å². The lowest BCUT2D eigenvalue weighted by molar-refractivity contribution is 0.150. The Kier molecular flexibility index (Phi) is 4.29. The Balaban J connectivity index is 1.58. The molecule has 0 radical (unpaired) electrons. The van der Waals surface area contributed by atoms with Crippen LogP contribution in [0.2, 0.25) is 0 Å². The number of hydrogen-bond donors (Lipinski definition) is 2. The zero-order chi connectivity index (χ0) is 13.9. The van der Waals surface area contributed by atoms with Crippen LogP contribution in [0.25, 0.3) is 0 Å². The van der Waals surface area contributed by atoms with Crippen molar-refractivity contribution >= 4 is 0 Å². The fraction of sp³-hybridized carbons (Fsp3) is 0.667. The first-order valence-electron chi connectivity index (χ1n) is 7.48. The summed E-state index contributed by atoms with van der Waals surface area (Å²) in [6.07, 6.45) is 7.10. The molecular formula is C15H22FN3O. The Hall–Kier alpha value is -1.04. The third-order valence-electron chi connectivity index (χ3n) is 4.55. The SMILES string of the molecule is OC1CCN([C@H]2CCC[C@H]2NCc2ccncc2F)C1. The van der Waals surface area contributed by atoms with Gasteiger partial charge >= 0.3 is 0 Å². The van der Waals surface area contributed by atoms with Crippen molar-refractivity contribution in [1.82, 2.24) is 15.2 Å². The average molecular weight is 279 g/mol. The van der Waals surface area contributed by atoms with Crippen LogP contribution in [-0.2, 0) is 6.54 Å². The number of likely N-dealkylation sites (tertiary alicyclic amines) is 1. The molecular weight excluding hydrogens is 257 g/mol. The number of nitrogens with one attached hydrogen (secondary N) is 1. The van der Waals surface area contributed by atoms with E-state index in [0.29, 0.717) is 24.2 Å². The lowest BCUT2D eigenvalue weighted by Gasteiger charge is -2.30. The second kappa shape index (κ2) is 6.16. The molecule has 1 saturated carbocycles. The number of halogens is 1. The summed E-state index contributed by atoms with van der Waals surface area (Å²) < 4.78 is 13.6. The molecule has 4 nitrogen and oxygen atoms in total. The number of aliphatic hydroxyl groups is 1. The molecule has 2 aliphatic rings. The number of aromatic nitrogens is 1. The van der Waals surface area contributed by atoms with Gasteiger partial charge in [0.2, 0.25) is 0 Å². The Morgan fingerprint density at radius 1 is 1.40 bits per heavy atom. The highest BCUT2D eigenvalue weighted by Crippen LogP contribution is 2.27. The maximum Gasteiger partial charge on any atom is 0.145 e. The van der Waals surface area contributed by atoms with Gasteiger partial charge in [-0.3, -0.25) is 9.88 Å². The number of nitrogens with zero attached hydrogens (tertiary/aromatic N) is 2. The molecule has 0 amide bonds. The zero-order valence-electron chi connectivity index (χ0n) is 11.6. The molecule has 2 fully saturated rings. The molecule has 110 valence electrons. The first-order chi connectivity index (χ1) is 9.74. The molecule has 1 aliphatic heterocycles. The summed E-state index contributed by atoms with van der Waals surface area (Å²) in [7, 11) is 0. The first-order valence-corrected chi connectivity index (χ1v) is 7.48. The van der Waals surface area contributed by atoms with E-state index in [4.69, 9.17) is 0 Å². The minimum absolute atomic E-state index is 0.172. The van der Waals surface area contributed by atoms with Gasteiger partial charge in [0.25, 0.3) is 0 Å². The molecule has 1 unspecified atom stereocenters. The summed E-state index contributed by atoms with van der Waals surface area (Å²) in [5.41, 5.74) is 0.673. The lowest BCUT2D eigenvalue weighted by atomic mass is 10.1. The van der Waals surface area contributed by atoms with Gasteiger partial charge in [0, 0.05) is 43.5 Å². The molecule has 1 aromatic heterocycles. The Bertz CT molecular complexity index is 456. The van der Waals surface area contributed by atoms with Gasteiger partial charge in [-0.05, 0) is 25.3 Å². The van der Waals surface area contributed by atoms with Crippen molar-refractivity contribution < 1.29 is 9.50 Å². The van der Waals surface area contributed by atoms with E-state index in [0.717, 1.165) is 25.9 Å². The van der Waals surface area contributed by atoms with Crippen LogP contribution in [0.15, 0.2) is 18.5 Å². The fourth-order valence-electron chi connectivity index (χ4n) is 3.47. The smallest absolute Gasteiger partial charge is 0.145 e. The number of hydrogen-bond acceptors (Lipinski definition) is 4. The summed E-state index contributed by atoms with van der Waals surface area (Å²) in [5.74, 6) is -0.244. The molecule has 20 heavy (non-hydrogen) atoms. The average Bonchev–Trinajstić information content (AvgIpc) is 3.06. The van der Waals surface area contributed by atoms with E-state index in [1.54, 1.807) is 12.3 Å². The maximum atomic E-state index is 13.6. The quantitative estimate of drug-likeness (QED) is 0.872. The summed E-state index contributed by atoms with van der Waals surface area (Å²) in [4.78, 5) is 6.16. The first kappa shape index (κ1) is 13.9. The molecule has 1 aromatic rings. The van der Waals surface area contributed by atoms with Crippen LogP contribution in [-0.4, -0.2) is 46.3 Å². The molecule has 0 spiro atoms.